The predicted molar refractivity (Wildman–Crippen MR) is 67.5 cm³/mol. The molecule has 0 aromatic heterocycles. The van der Waals surface area contributed by atoms with Crippen LogP contribution < -0.4 is 0 Å². The highest BCUT2D eigenvalue weighted by atomic mass is 16.6. The fourth-order valence-electron chi connectivity index (χ4n) is 1.98. The Bertz CT molecular complexity index is 420. The van der Waals surface area contributed by atoms with Crippen molar-refractivity contribution < 1.29 is 14.7 Å². The van der Waals surface area contributed by atoms with E-state index in [-0.39, 0.29) is 6.04 Å². The Kier molecular flexibility index (Phi) is 4.17. The number of benzene rings is 1. The van der Waals surface area contributed by atoms with Crippen LogP contribution in [-0.4, -0.2) is 34.9 Å². The van der Waals surface area contributed by atoms with Crippen LogP contribution in [0, 0.1) is 0 Å². The molecule has 0 spiro atoms. The molecule has 1 N–H and O–H groups in total. The van der Waals surface area contributed by atoms with Crippen LogP contribution in [0.15, 0.2) is 35.5 Å². The second-order valence-electron chi connectivity index (χ2n) is 4.20. The Morgan fingerprint density at radius 1 is 1.50 bits per heavy atom. The van der Waals surface area contributed by atoms with Crippen LogP contribution in [0.2, 0.25) is 0 Å². The number of oxime groups is 1. The molecule has 1 aliphatic heterocycles. The minimum atomic E-state index is -0.896. The lowest BCUT2D eigenvalue weighted by atomic mass is 10.2. The molecule has 0 bridgehead atoms. The second kappa shape index (κ2) is 6.05. The van der Waals surface area contributed by atoms with Crippen LogP contribution in [0.1, 0.15) is 18.4 Å². The summed E-state index contributed by atoms with van der Waals surface area (Å²) in [4.78, 5) is 17.4. The van der Waals surface area contributed by atoms with Crippen molar-refractivity contribution in [2.24, 2.45) is 5.16 Å². The van der Waals surface area contributed by atoms with Gasteiger partial charge in [-0.1, -0.05) is 35.5 Å². The van der Waals surface area contributed by atoms with E-state index < -0.39 is 6.09 Å². The summed E-state index contributed by atoms with van der Waals surface area (Å²) in [5.74, 6) is 0. The van der Waals surface area contributed by atoms with Gasteiger partial charge in [0.05, 0.1) is 12.3 Å². The first-order valence-corrected chi connectivity index (χ1v) is 5.96. The highest BCUT2D eigenvalue weighted by Crippen LogP contribution is 2.15. The Hall–Kier alpha value is -2.04. The Labute approximate surface area is 106 Å². The van der Waals surface area contributed by atoms with E-state index in [1.807, 2.05) is 30.3 Å². The quantitative estimate of drug-likeness (QED) is 0.657. The molecule has 2 rings (SSSR count). The first-order valence-electron chi connectivity index (χ1n) is 5.96. The van der Waals surface area contributed by atoms with E-state index in [1.54, 1.807) is 6.21 Å². The van der Waals surface area contributed by atoms with Gasteiger partial charge in [0, 0.05) is 6.54 Å². The fourth-order valence-corrected chi connectivity index (χ4v) is 1.98. The van der Waals surface area contributed by atoms with Crippen molar-refractivity contribution in [3.8, 4) is 0 Å². The standard InChI is InChI=1S/C13H16N2O3/c16-13(17)15-8-4-7-12(15)9-14-18-10-11-5-2-1-3-6-11/h1-3,5-6,9,12H,4,7-8,10H2,(H,16,17). The van der Waals surface area contributed by atoms with Crippen LogP contribution in [0.4, 0.5) is 4.79 Å². The van der Waals surface area contributed by atoms with Crippen molar-refractivity contribution >= 4 is 12.3 Å². The monoisotopic (exact) mass is 248 g/mol. The molecule has 1 saturated heterocycles. The Morgan fingerprint density at radius 2 is 2.28 bits per heavy atom. The zero-order valence-electron chi connectivity index (χ0n) is 10.0. The van der Waals surface area contributed by atoms with Crippen LogP contribution in [0.5, 0.6) is 0 Å². The summed E-state index contributed by atoms with van der Waals surface area (Å²) in [5.41, 5.74) is 1.04. The third-order valence-electron chi connectivity index (χ3n) is 2.93. The van der Waals surface area contributed by atoms with Crippen LogP contribution in [0.3, 0.4) is 0 Å². The highest BCUT2D eigenvalue weighted by Gasteiger charge is 2.26. The molecule has 1 aromatic carbocycles. The molecule has 1 heterocycles. The second-order valence-corrected chi connectivity index (χ2v) is 4.20. The molecule has 1 atom stereocenters. The zero-order valence-corrected chi connectivity index (χ0v) is 10.0. The molecule has 1 aromatic rings. The van der Waals surface area contributed by atoms with Gasteiger partial charge in [0.1, 0.15) is 6.61 Å². The summed E-state index contributed by atoms with van der Waals surface area (Å²) in [7, 11) is 0. The lowest BCUT2D eigenvalue weighted by Crippen LogP contribution is -2.35. The third kappa shape index (κ3) is 3.23. The SMILES string of the molecule is O=C(O)N1CCCC1C=NOCc1ccccc1. The molecule has 1 unspecified atom stereocenters. The molecule has 0 saturated carbocycles. The van der Waals surface area contributed by atoms with Gasteiger partial charge in [0.2, 0.25) is 0 Å². The van der Waals surface area contributed by atoms with E-state index in [9.17, 15) is 4.79 Å². The lowest BCUT2D eigenvalue weighted by Gasteiger charge is -2.16. The number of hydrogen-bond donors (Lipinski definition) is 1. The van der Waals surface area contributed by atoms with Crippen molar-refractivity contribution in [2.75, 3.05) is 6.54 Å². The van der Waals surface area contributed by atoms with Gasteiger partial charge in [0.25, 0.3) is 0 Å². The van der Waals surface area contributed by atoms with Crippen LogP contribution in [0.25, 0.3) is 0 Å². The first kappa shape index (κ1) is 12.4. The highest BCUT2D eigenvalue weighted by molar-refractivity contribution is 5.74. The third-order valence-corrected chi connectivity index (χ3v) is 2.93. The summed E-state index contributed by atoms with van der Waals surface area (Å²) in [5, 5.41) is 12.8. The summed E-state index contributed by atoms with van der Waals surface area (Å²) in [6.07, 6.45) is 2.36. The average Bonchev–Trinajstić information content (AvgIpc) is 2.84. The summed E-state index contributed by atoms with van der Waals surface area (Å²) in [6, 6.07) is 9.56. The van der Waals surface area contributed by atoms with E-state index in [0.717, 1.165) is 18.4 Å². The molecular weight excluding hydrogens is 232 g/mol. The number of nitrogens with zero attached hydrogens (tertiary/aromatic N) is 2. The number of rotatable bonds is 4. The molecule has 1 amide bonds. The van der Waals surface area contributed by atoms with E-state index in [4.69, 9.17) is 9.94 Å². The average molecular weight is 248 g/mol. The normalized spacial score (nSPS) is 19.3. The molecule has 5 heteroatoms. The fraction of sp³-hybridized carbons (Fsp3) is 0.385. The maximum Gasteiger partial charge on any atom is 0.407 e. The molecule has 5 nitrogen and oxygen atoms in total. The summed E-state index contributed by atoms with van der Waals surface area (Å²) >= 11 is 0. The lowest BCUT2D eigenvalue weighted by molar-refractivity contribution is 0.127. The smallest absolute Gasteiger partial charge is 0.407 e. The van der Waals surface area contributed by atoms with E-state index >= 15 is 0 Å². The molecule has 18 heavy (non-hydrogen) atoms. The predicted octanol–water partition coefficient (Wildman–Crippen LogP) is 2.33. The van der Waals surface area contributed by atoms with Crippen molar-refractivity contribution in [3.05, 3.63) is 35.9 Å². The zero-order chi connectivity index (χ0) is 12.8. The van der Waals surface area contributed by atoms with Crippen molar-refractivity contribution in [2.45, 2.75) is 25.5 Å². The van der Waals surface area contributed by atoms with Gasteiger partial charge in [0.15, 0.2) is 0 Å². The van der Waals surface area contributed by atoms with Crippen LogP contribution in [-0.2, 0) is 11.4 Å². The van der Waals surface area contributed by atoms with E-state index in [1.165, 1.54) is 4.90 Å². The topological polar surface area (TPSA) is 62.1 Å². The minimum absolute atomic E-state index is 0.154. The number of likely N-dealkylation sites (tertiary alicyclic amines) is 1. The number of carboxylic acid groups (broad SMARTS) is 1. The first-order chi connectivity index (χ1) is 8.77. The molecule has 0 aliphatic carbocycles. The van der Waals surface area contributed by atoms with Gasteiger partial charge in [-0.25, -0.2) is 4.79 Å². The van der Waals surface area contributed by atoms with E-state index in [2.05, 4.69) is 5.16 Å². The number of amides is 1. The van der Waals surface area contributed by atoms with Gasteiger partial charge in [-0.2, -0.15) is 0 Å². The number of carbonyl (C=O) groups is 1. The Morgan fingerprint density at radius 3 is 3.00 bits per heavy atom. The van der Waals surface area contributed by atoms with Gasteiger partial charge in [-0.05, 0) is 18.4 Å². The van der Waals surface area contributed by atoms with Crippen molar-refractivity contribution in [1.29, 1.82) is 0 Å². The molecule has 96 valence electrons. The molecular formula is C13H16N2O3. The summed E-state index contributed by atoms with van der Waals surface area (Å²) in [6.45, 7) is 0.974. The molecule has 0 radical (unpaired) electrons. The van der Waals surface area contributed by atoms with Gasteiger partial charge in [-0.3, -0.25) is 0 Å². The van der Waals surface area contributed by atoms with Crippen molar-refractivity contribution in [1.82, 2.24) is 4.90 Å². The van der Waals surface area contributed by atoms with Gasteiger partial charge in [-0.15, -0.1) is 0 Å². The minimum Gasteiger partial charge on any atom is -0.465 e. The van der Waals surface area contributed by atoms with Crippen LogP contribution >= 0.6 is 0 Å². The van der Waals surface area contributed by atoms with Crippen molar-refractivity contribution in [3.63, 3.8) is 0 Å². The molecule has 1 fully saturated rings. The number of hydrogen-bond acceptors (Lipinski definition) is 3. The largest absolute Gasteiger partial charge is 0.465 e. The van der Waals surface area contributed by atoms with Gasteiger partial charge >= 0.3 is 6.09 Å². The Balaban J connectivity index is 1.79. The maximum atomic E-state index is 10.9. The van der Waals surface area contributed by atoms with Gasteiger partial charge < -0.3 is 14.8 Å². The van der Waals surface area contributed by atoms with E-state index in [0.29, 0.717) is 13.2 Å². The summed E-state index contributed by atoms with van der Waals surface area (Å²) < 4.78 is 0. The maximum absolute atomic E-state index is 10.9. The molecule has 1 aliphatic rings.